The summed E-state index contributed by atoms with van der Waals surface area (Å²) in [6.45, 7) is 0.379. The second-order valence-corrected chi connectivity index (χ2v) is 8.61. The van der Waals surface area contributed by atoms with Crippen LogP contribution in [0.4, 0.5) is 4.39 Å². The van der Waals surface area contributed by atoms with E-state index in [0.29, 0.717) is 30.8 Å². The van der Waals surface area contributed by atoms with Crippen molar-refractivity contribution in [3.05, 3.63) is 57.5 Å². The number of rotatable bonds is 6. The molecule has 9 nitrogen and oxygen atoms in total. The van der Waals surface area contributed by atoms with Crippen LogP contribution < -0.4 is 20.4 Å². The van der Waals surface area contributed by atoms with Gasteiger partial charge in [0.05, 0.1) is 12.3 Å². The topological polar surface area (TPSA) is 119 Å². The number of benzene rings is 1. The number of hydrogen-bond acceptors (Lipinski definition) is 7. The standard InChI is InChI=1S/C19H23FN4O5S/c1-21-14-5-3-4-10-24-17(14)23-15(16(19(24)26)29-30(2,27)28)18(25)22-11-12-6-8-13(20)9-7-12/h6-9,14,21H,3-5,10-11H2,1-2H3,(H,22,25). The summed E-state index contributed by atoms with van der Waals surface area (Å²) < 4.78 is 42.7. The van der Waals surface area contributed by atoms with Gasteiger partial charge in [0.25, 0.3) is 11.5 Å². The smallest absolute Gasteiger partial charge is 0.306 e. The first-order chi connectivity index (χ1) is 14.2. The highest BCUT2D eigenvalue weighted by Gasteiger charge is 2.29. The molecule has 0 saturated heterocycles. The molecule has 0 radical (unpaired) electrons. The van der Waals surface area contributed by atoms with Crippen LogP contribution in [-0.2, 0) is 23.2 Å². The Morgan fingerprint density at radius 1 is 1.30 bits per heavy atom. The van der Waals surface area contributed by atoms with Crippen LogP contribution in [0.3, 0.4) is 0 Å². The van der Waals surface area contributed by atoms with Crippen molar-refractivity contribution in [3.63, 3.8) is 0 Å². The maximum Gasteiger partial charge on any atom is 0.306 e. The molecule has 1 atom stereocenters. The highest BCUT2D eigenvalue weighted by atomic mass is 32.2. The summed E-state index contributed by atoms with van der Waals surface area (Å²) in [5, 5.41) is 5.65. The van der Waals surface area contributed by atoms with Crippen LogP contribution in [0.5, 0.6) is 5.75 Å². The van der Waals surface area contributed by atoms with Crippen LogP contribution in [-0.4, -0.2) is 37.2 Å². The summed E-state index contributed by atoms with van der Waals surface area (Å²) in [7, 11) is -2.35. The molecule has 0 fully saturated rings. The van der Waals surface area contributed by atoms with Crippen molar-refractivity contribution < 1.29 is 21.8 Å². The molecule has 1 aromatic carbocycles. The van der Waals surface area contributed by atoms with Crippen LogP contribution in [0.15, 0.2) is 29.1 Å². The molecule has 2 N–H and O–H groups in total. The van der Waals surface area contributed by atoms with E-state index < -0.39 is 38.8 Å². The molecule has 3 rings (SSSR count). The fourth-order valence-corrected chi connectivity index (χ4v) is 3.76. The van der Waals surface area contributed by atoms with E-state index in [-0.39, 0.29) is 12.6 Å². The lowest BCUT2D eigenvalue weighted by molar-refractivity contribution is 0.0943. The van der Waals surface area contributed by atoms with Gasteiger partial charge in [-0.3, -0.25) is 14.2 Å². The third kappa shape index (κ3) is 5.03. The number of aromatic nitrogens is 2. The van der Waals surface area contributed by atoms with Crippen LogP contribution in [0.25, 0.3) is 0 Å². The third-order valence-electron chi connectivity index (χ3n) is 4.76. The van der Waals surface area contributed by atoms with Crippen LogP contribution in [0, 0.1) is 5.82 Å². The number of fused-ring (bicyclic) bond motifs is 1. The van der Waals surface area contributed by atoms with Crippen molar-refractivity contribution in [2.75, 3.05) is 13.3 Å². The van der Waals surface area contributed by atoms with Crippen molar-refractivity contribution >= 4 is 16.0 Å². The third-order valence-corrected chi connectivity index (χ3v) is 5.23. The van der Waals surface area contributed by atoms with Crippen molar-refractivity contribution in [2.45, 2.75) is 38.4 Å². The fourth-order valence-electron chi connectivity index (χ4n) is 3.31. The van der Waals surface area contributed by atoms with E-state index in [9.17, 15) is 22.4 Å². The van der Waals surface area contributed by atoms with E-state index in [1.165, 1.54) is 28.8 Å². The molecule has 1 aliphatic rings. The van der Waals surface area contributed by atoms with Gasteiger partial charge in [-0.25, -0.2) is 9.37 Å². The number of nitrogens with zero attached hydrogens (tertiary/aromatic N) is 2. The number of carbonyl (C=O) groups excluding carboxylic acids is 1. The summed E-state index contributed by atoms with van der Waals surface area (Å²) in [5.41, 5.74) is -0.504. The minimum absolute atomic E-state index is 0.0347. The zero-order valence-electron chi connectivity index (χ0n) is 16.6. The number of nitrogens with one attached hydrogen (secondary N) is 2. The average Bonchev–Trinajstić information content (AvgIpc) is 2.90. The molecular formula is C19H23FN4O5S. The predicted molar refractivity (Wildman–Crippen MR) is 107 cm³/mol. The molecule has 30 heavy (non-hydrogen) atoms. The second-order valence-electron chi connectivity index (χ2n) is 7.04. The zero-order chi connectivity index (χ0) is 21.9. The van der Waals surface area contributed by atoms with Gasteiger partial charge in [-0.1, -0.05) is 12.1 Å². The summed E-state index contributed by atoms with van der Waals surface area (Å²) in [6, 6.07) is 5.24. The summed E-state index contributed by atoms with van der Waals surface area (Å²) in [5.74, 6) is -1.45. The van der Waals surface area contributed by atoms with Gasteiger partial charge in [-0.05, 0) is 44.0 Å². The van der Waals surface area contributed by atoms with Gasteiger partial charge in [-0.2, -0.15) is 8.42 Å². The monoisotopic (exact) mass is 438 g/mol. The van der Waals surface area contributed by atoms with Gasteiger partial charge in [0.1, 0.15) is 11.6 Å². The SMILES string of the molecule is CNC1CCCCn2c1nc(C(=O)NCc1ccc(F)cc1)c(OS(C)(=O)=O)c2=O. The van der Waals surface area contributed by atoms with Gasteiger partial charge in [-0.15, -0.1) is 0 Å². The first-order valence-electron chi connectivity index (χ1n) is 9.43. The lowest BCUT2D eigenvalue weighted by Crippen LogP contribution is -2.35. The van der Waals surface area contributed by atoms with Gasteiger partial charge < -0.3 is 14.8 Å². The van der Waals surface area contributed by atoms with Crippen LogP contribution >= 0.6 is 0 Å². The Morgan fingerprint density at radius 2 is 2.00 bits per heavy atom. The second kappa shape index (κ2) is 8.92. The van der Waals surface area contributed by atoms with Crippen molar-refractivity contribution in [1.29, 1.82) is 0 Å². The zero-order valence-corrected chi connectivity index (χ0v) is 17.5. The molecule has 1 aromatic heterocycles. The van der Waals surface area contributed by atoms with Gasteiger partial charge in [0, 0.05) is 13.1 Å². The van der Waals surface area contributed by atoms with Crippen LogP contribution in [0.1, 0.15) is 47.2 Å². The molecule has 2 aromatic rings. The van der Waals surface area contributed by atoms with Gasteiger partial charge >= 0.3 is 10.1 Å². The Morgan fingerprint density at radius 3 is 2.63 bits per heavy atom. The van der Waals surface area contributed by atoms with Gasteiger partial charge in [0.15, 0.2) is 5.69 Å². The number of hydrogen-bond donors (Lipinski definition) is 2. The highest BCUT2D eigenvalue weighted by Crippen LogP contribution is 2.24. The molecule has 11 heteroatoms. The van der Waals surface area contributed by atoms with E-state index >= 15 is 0 Å². The Hall–Kier alpha value is -2.79. The molecule has 0 bridgehead atoms. The molecule has 162 valence electrons. The average molecular weight is 438 g/mol. The Balaban J connectivity index is 2.02. The van der Waals surface area contributed by atoms with E-state index in [1.807, 2.05) is 0 Å². The van der Waals surface area contributed by atoms with Crippen molar-refractivity contribution in [1.82, 2.24) is 20.2 Å². The molecule has 0 spiro atoms. The first-order valence-corrected chi connectivity index (χ1v) is 11.3. The maximum atomic E-state index is 13.1. The fraction of sp³-hybridized carbons (Fsp3) is 0.421. The van der Waals surface area contributed by atoms with Crippen LogP contribution in [0.2, 0.25) is 0 Å². The molecule has 0 saturated carbocycles. The lowest BCUT2D eigenvalue weighted by Gasteiger charge is -2.19. The minimum atomic E-state index is -4.07. The minimum Gasteiger partial charge on any atom is -0.374 e. The van der Waals surface area contributed by atoms with E-state index in [4.69, 9.17) is 4.18 Å². The summed E-state index contributed by atoms with van der Waals surface area (Å²) in [4.78, 5) is 30.2. The Kier molecular flexibility index (Phi) is 6.52. The number of carbonyl (C=O) groups is 1. The lowest BCUT2D eigenvalue weighted by atomic mass is 10.1. The maximum absolute atomic E-state index is 13.1. The molecule has 1 unspecified atom stereocenters. The molecule has 1 aliphatic heterocycles. The van der Waals surface area contributed by atoms with E-state index in [2.05, 4.69) is 15.6 Å². The summed E-state index contributed by atoms with van der Waals surface area (Å²) >= 11 is 0. The first kappa shape index (κ1) is 21.9. The van der Waals surface area contributed by atoms with E-state index in [0.717, 1.165) is 12.7 Å². The highest BCUT2D eigenvalue weighted by molar-refractivity contribution is 7.86. The van der Waals surface area contributed by atoms with Crippen molar-refractivity contribution in [2.24, 2.45) is 0 Å². The molecule has 2 heterocycles. The number of amides is 1. The summed E-state index contributed by atoms with van der Waals surface area (Å²) in [6.07, 6.45) is 3.05. The Labute approximate surface area is 173 Å². The molecular weight excluding hydrogens is 415 g/mol. The molecule has 0 aliphatic carbocycles. The largest absolute Gasteiger partial charge is 0.374 e. The predicted octanol–water partition coefficient (Wildman–Crippen LogP) is 1.10. The van der Waals surface area contributed by atoms with Crippen molar-refractivity contribution in [3.8, 4) is 5.75 Å². The van der Waals surface area contributed by atoms with E-state index in [1.54, 1.807) is 7.05 Å². The number of halogens is 1. The van der Waals surface area contributed by atoms with Gasteiger partial charge in [0.2, 0.25) is 5.75 Å². The quantitative estimate of drug-likeness (QED) is 0.648. The Bertz CT molecular complexity index is 1100. The molecule has 1 amide bonds. The normalized spacial score (nSPS) is 16.4.